The van der Waals surface area contributed by atoms with Crippen LogP contribution in [-0.2, 0) is 16.0 Å². The van der Waals surface area contributed by atoms with Gasteiger partial charge in [-0.3, -0.25) is 9.20 Å². The van der Waals surface area contributed by atoms with E-state index in [9.17, 15) is 4.79 Å². The predicted molar refractivity (Wildman–Crippen MR) is 95.7 cm³/mol. The first-order valence-corrected chi connectivity index (χ1v) is 8.02. The average Bonchev–Trinajstić information content (AvgIpc) is 2.93. The Balaban J connectivity index is 2.09. The maximum Gasteiger partial charge on any atom is 0.311 e. The molecule has 0 unspecified atom stereocenters. The van der Waals surface area contributed by atoms with Crippen molar-refractivity contribution in [2.24, 2.45) is 10.2 Å². The van der Waals surface area contributed by atoms with Gasteiger partial charge in [-0.15, -0.1) is 10.2 Å². The average molecular weight is 336 g/mol. The van der Waals surface area contributed by atoms with Gasteiger partial charge in [-0.05, 0) is 44.0 Å². The van der Waals surface area contributed by atoms with E-state index in [1.807, 2.05) is 55.6 Å². The highest BCUT2D eigenvalue weighted by Gasteiger charge is 2.16. The van der Waals surface area contributed by atoms with Gasteiger partial charge >= 0.3 is 5.97 Å². The number of hydrogen-bond acceptors (Lipinski definition) is 5. The lowest BCUT2D eigenvalue weighted by Gasteiger charge is -2.02. The molecule has 6 heteroatoms. The normalized spacial score (nSPS) is 11.4. The zero-order chi connectivity index (χ0) is 18.0. The maximum atomic E-state index is 11.7. The Morgan fingerprint density at radius 3 is 2.68 bits per heavy atom. The summed E-state index contributed by atoms with van der Waals surface area (Å²) in [6, 6.07) is 9.87. The van der Waals surface area contributed by atoms with E-state index in [0.717, 1.165) is 22.5 Å². The zero-order valence-electron chi connectivity index (χ0n) is 14.8. The number of carbonyl (C=O) groups is 1. The summed E-state index contributed by atoms with van der Waals surface area (Å²) in [6.45, 7) is 6.00. The van der Waals surface area contributed by atoms with Crippen molar-refractivity contribution in [3.63, 3.8) is 0 Å². The quantitative estimate of drug-likeness (QED) is 0.524. The molecule has 1 aromatic carbocycles. The number of carbonyl (C=O) groups excluding carboxylic acids is 1. The first kappa shape index (κ1) is 16.8. The zero-order valence-corrected chi connectivity index (χ0v) is 14.8. The van der Waals surface area contributed by atoms with E-state index in [-0.39, 0.29) is 12.4 Å². The predicted octanol–water partition coefficient (Wildman–Crippen LogP) is 4.39. The molecule has 6 nitrogen and oxygen atoms in total. The van der Waals surface area contributed by atoms with Gasteiger partial charge in [0.25, 0.3) is 0 Å². The lowest BCUT2D eigenvalue weighted by molar-refractivity contribution is -0.139. The Hall–Kier alpha value is -3.02. The number of aryl methyl sites for hydroxylation is 3. The number of aromatic nitrogens is 2. The molecule has 0 aliphatic heterocycles. The first-order valence-electron chi connectivity index (χ1n) is 8.02. The number of fused-ring (bicyclic) bond motifs is 1. The van der Waals surface area contributed by atoms with Crippen LogP contribution in [0, 0.1) is 20.8 Å². The van der Waals surface area contributed by atoms with Gasteiger partial charge < -0.3 is 4.74 Å². The van der Waals surface area contributed by atoms with Crippen molar-refractivity contribution >= 4 is 23.1 Å². The fourth-order valence-electron chi connectivity index (χ4n) is 2.69. The van der Waals surface area contributed by atoms with Crippen LogP contribution in [0.4, 0.5) is 11.5 Å². The van der Waals surface area contributed by atoms with Crippen LogP contribution in [0.1, 0.15) is 22.4 Å². The fourth-order valence-corrected chi connectivity index (χ4v) is 2.69. The van der Waals surface area contributed by atoms with Crippen LogP contribution in [0.5, 0.6) is 0 Å². The van der Waals surface area contributed by atoms with E-state index in [4.69, 9.17) is 4.74 Å². The summed E-state index contributed by atoms with van der Waals surface area (Å²) < 4.78 is 6.62. The Morgan fingerprint density at radius 1 is 1.16 bits per heavy atom. The molecule has 0 bridgehead atoms. The minimum atomic E-state index is -0.357. The van der Waals surface area contributed by atoms with Crippen molar-refractivity contribution < 1.29 is 9.53 Å². The van der Waals surface area contributed by atoms with Gasteiger partial charge in [0.1, 0.15) is 5.65 Å². The Morgan fingerprint density at radius 2 is 1.96 bits per heavy atom. The Kier molecular flexibility index (Phi) is 4.61. The van der Waals surface area contributed by atoms with Gasteiger partial charge in [0.2, 0.25) is 0 Å². The molecule has 0 amide bonds. The molecule has 0 radical (unpaired) electrons. The number of methoxy groups -OCH3 is 1. The van der Waals surface area contributed by atoms with Gasteiger partial charge in [0.15, 0.2) is 5.82 Å². The monoisotopic (exact) mass is 336 g/mol. The number of ether oxygens (including phenoxy) is 1. The summed E-state index contributed by atoms with van der Waals surface area (Å²) in [6.07, 6.45) is 1.92. The van der Waals surface area contributed by atoms with Crippen LogP contribution in [0.15, 0.2) is 46.8 Å². The standard InChI is InChI=1S/C19H20N4O2/c1-12-7-8-15(14(3)10-12)21-22-19-16(11-17(24)25-4)20-18-13(2)6-5-9-23(18)19/h5-10H,11H2,1-4H3. The van der Waals surface area contributed by atoms with E-state index in [1.54, 1.807) is 0 Å². The van der Waals surface area contributed by atoms with E-state index in [0.29, 0.717) is 11.5 Å². The summed E-state index contributed by atoms with van der Waals surface area (Å²) >= 11 is 0. The van der Waals surface area contributed by atoms with E-state index < -0.39 is 0 Å². The molecule has 0 spiro atoms. The van der Waals surface area contributed by atoms with Gasteiger partial charge in [-0.2, -0.15) is 0 Å². The van der Waals surface area contributed by atoms with Crippen molar-refractivity contribution in [1.29, 1.82) is 0 Å². The van der Waals surface area contributed by atoms with Gasteiger partial charge in [-0.25, -0.2) is 4.98 Å². The number of hydrogen-bond donors (Lipinski definition) is 0. The number of rotatable bonds is 4. The van der Waals surface area contributed by atoms with Crippen molar-refractivity contribution in [2.75, 3.05) is 7.11 Å². The van der Waals surface area contributed by atoms with Crippen LogP contribution in [-0.4, -0.2) is 22.5 Å². The third-order valence-corrected chi connectivity index (χ3v) is 4.03. The van der Waals surface area contributed by atoms with Crippen LogP contribution >= 0.6 is 0 Å². The number of nitrogens with zero attached hydrogens (tertiary/aromatic N) is 4. The van der Waals surface area contributed by atoms with Crippen LogP contribution in [0.3, 0.4) is 0 Å². The van der Waals surface area contributed by atoms with Gasteiger partial charge in [0.05, 0.1) is 24.9 Å². The second-order valence-corrected chi connectivity index (χ2v) is 6.01. The van der Waals surface area contributed by atoms with Gasteiger partial charge in [0, 0.05) is 6.20 Å². The molecule has 3 rings (SSSR count). The number of imidazole rings is 1. The van der Waals surface area contributed by atoms with Crippen LogP contribution < -0.4 is 0 Å². The number of azo groups is 1. The van der Waals surface area contributed by atoms with Crippen molar-refractivity contribution in [1.82, 2.24) is 9.38 Å². The van der Waals surface area contributed by atoms with Crippen molar-refractivity contribution in [3.8, 4) is 0 Å². The second kappa shape index (κ2) is 6.84. The van der Waals surface area contributed by atoms with Crippen LogP contribution in [0.2, 0.25) is 0 Å². The SMILES string of the molecule is COC(=O)Cc1nc2c(C)cccn2c1N=Nc1ccc(C)cc1C. The first-order chi connectivity index (χ1) is 12.0. The molecule has 0 aliphatic rings. The topological polar surface area (TPSA) is 68.3 Å². The summed E-state index contributed by atoms with van der Waals surface area (Å²) in [5, 5.41) is 8.78. The molecule has 0 saturated heterocycles. The molecule has 0 aliphatic carbocycles. The lowest BCUT2D eigenvalue weighted by Crippen LogP contribution is -2.04. The molecular formula is C19H20N4O2. The Bertz CT molecular complexity index is 973. The molecule has 0 saturated carbocycles. The smallest absolute Gasteiger partial charge is 0.311 e. The number of pyridine rings is 1. The molecule has 0 N–H and O–H groups in total. The maximum absolute atomic E-state index is 11.7. The largest absolute Gasteiger partial charge is 0.469 e. The third kappa shape index (κ3) is 3.42. The van der Waals surface area contributed by atoms with Crippen molar-refractivity contribution in [3.05, 3.63) is 58.9 Å². The number of benzene rings is 1. The van der Waals surface area contributed by atoms with Crippen molar-refractivity contribution in [2.45, 2.75) is 27.2 Å². The summed E-state index contributed by atoms with van der Waals surface area (Å²) in [5.74, 6) is 0.188. The molecule has 25 heavy (non-hydrogen) atoms. The van der Waals surface area contributed by atoms with E-state index in [2.05, 4.69) is 21.3 Å². The molecule has 0 atom stereocenters. The minimum absolute atomic E-state index is 0.0544. The molecule has 3 aromatic rings. The number of esters is 1. The molecule has 2 heterocycles. The highest BCUT2D eigenvalue weighted by Crippen LogP contribution is 2.27. The molecular weight excluding hydrogens is 316 g/mol. The molecule has 0 fully saturated rings. The van der Waals surface area contributed by atoms with E-state index >= 15 is 0 Å². The molecule has 2 aromatic heterocycles. The fraction of sp³-hybridized carbons (Fsp3) is 0.263. The Labute approximate surface area is 146 Å². The van der Waals surface area contributed by atoms with Crippen LogP contribution in [0.25, 0.3) is 5.65 Å². The second-order valence-electron chi connectivity index (χ2n) is 6.01. The van der Waals surface area contributed by atoms with Gasteiger partial charge in [-0.1, -0.05) is 23.8 Å². The lowest BCUT2D eigenvalue weighted by atomic mass is 10.1. The summed E-state index contributed by atoms with van der Waals surface area (Å²) in [7, 11) is 1.36. The molecule has 128 valence electrons. The summed E-state index contributed by atoms with van der Waals surface area (Å²) in [4.78, 5) is 16.3. The summed E-state index contributed by atoms with van der Waals surface area (Å²) in [5.41, 5.74) is 5.32. The highest BCUT2D eigenvalue weighted by atomic mass is 16.5. The minimum Gasteiger partial charge on any atom is -0.469 e. The van der Waals surface area contributed by atoms with E-state index in [1.165, 1.54) is 12.7 Å². The third-order valence-electron chi connectivity index (χ3n) is 4.03. The highest BCUT2D eigenvalue weighted by molar-refractivity contribution is 5.74.